The SMILES string of the molecule is NCc1nc2cc(-c3ccc(S(=O)(=O)NCC(O)CN)c(S(N)(=O)=O)c3-c3nn[nH]n3)ccc2s1. The Morgan fingerprint density at radius 1 is 1.14 bits per heavy atom. The van der Waals surface area contributed by atoms with Gasteiger partial charge >= 0.3 is 0 Å². The number of nitrogens with one attached hydrogen (secondary N) is 2. The number of benzene rings is 2. The predicted molar refractivity (Wildman–Crippen MR) is 128 cm³/mol. The highest BCUT2D eigenvalue weighted by Crippen LogP contribution is 2.39. The third-order valence-corrected chi connectivity index (χ3v) is 8.61. The maximum absolute atomic E-state index is 13.0. The maximum atomic E-state index is 13.0. The normalized spacial score (nSPS) is 13.4. The average Bonchev–Trinajstić information content (AvgIpc) is 3.50. The Morgan fingerprint density at radius 2 is 1.91 bits per heavy atom. The van der Waals surface area contributed by atoms with E-state index in [1.54, 1.807) is 18.2 Å². The van der Waals surface area contributed by atoms with Crippen molar-refractivity contribution < 1.29 is 21.9 Å². The third kappa shape index (κ3) is 5.07. The second kappa shape index (κ2) is 9.63. The van der Waals surface area contributed by atoms with Crippen molar-refractivity contribution >= 4 is 41.6 Å². The molecule has 1 atom stereocenters. The van der Waals surface area contributed by atoms with Gasteiger partial charge < -0.3 is 16.6 Å². The minimum atomic E-state index is -4.65. The van der Waals surface area contributed by atoms with Gasteiger partial charge in [-0.2, -0.15) is 5.21 Å². The van der Waals surface area contributed by atoms with Crippen molar-refractivity contribution in [2.24, 2.45) is 16.6 Å². The number of fused-ring (bicyclic) bond motifs is 1. The number of hydrogen-bond donors (Lipinski definition) is 6. The van der Waals surface area contributed by atoms with Gasteiger partial charge in [0.15, 0.2) is 0 Å². The van der Waals surface area contributed by atoms with Crippen LogP contribution in [-0.4, -0.2) is 66.7 Å². The molecule has 0 radical (unpaired) electrons. The van der Waals surface area contributed by atoms with Crippen LogP contribution < -0.4 is 21.3 Å². The van der Waals surface area contributed by atoms with Crippen LogP contribution in [-0.2, 0) is 26.6 Å². The van der Waals surface area contributed by atoms with Crippen molar-refractivity contribution in [1.82, 2.24) is 30.3 Å². The van der Waals surface area contributed by atoms with Gasteiger partial charge in [0.25, 0.3) is 0 Å². The fourth-order valence-electron chi connectivity index (χ4n) is 3.38. The van der Waals surface area contributed by atoms with Crippen molar-refractivity contribution in [3.05, 3.63) is 35.3 Å². The smallest absolute Gasteiger partial charge is 0.242 e. The lowest BCUT2D eigenvalue weighted by atomic mass is 9.99. The van der Waals surface area contributed by atoms with Crippen LogP contribution in [0.15, 0.2) is 40.1 Å². The molecule has 2 aromatic heterocycles. The number of nitrogens with two attached hydrogens (primary N) is 3. The minimum absolute atomic E-state index is 0.169. The number of aliphatic hydroxyl groups excluding tert-OH is 1. The average molecular weight is 540 g/mol. The Bertz CT molecular complexity index is 1590. The highest BCUT2D eigenvalue weighted by Gasteiger charge is 2.32. The quantitative estimate of drug-likeness (QED) is 0.148. The van der Waals surface area contributed by atoms with Gasteiger partial charge in [0.05, 0.1) is 21.9 Å². The van der Waals surface area contributed by atoms with Gasteiger partial charge in [0, 0.05) is 19.6 Å². The second-order valence-corrected chi connectivity index (χ2v) is 11.7. The van der Waals surface area contributed by atoms with E-state index in [1.807, 2.05) is 0 Å². The zero-order chi connectivity index (χ0) is 25.4. The van der Waals surface area contributed by atoms with Crippen LogP contribution >= 0.6 is 11.3 Å². The predicted octanol–water partition coefficient (Wildman–Crippen LogP) is -1.15. The van der Waals surface area contributed by atoms with Crippen LogP contribution in [0.3, 0.4) is 0 Å². The highest BCUT2D eigenvalue weighted by molar-refractivity contribution is 7.92. The minimum Gasteiger partial charge on any atom is -0.390 e. The van der Waals surface area contributed by atoms with Crippen LogP contribution in [0.2, 0.25) is 0 Å². The van der Waals surface area contributed by atoms with E-state index in [0.717, 1.165) is 10.8 Å². The molecule has 0 fully saturated rings. The van der Waals surface area contributed by atoms with Crippen molar-refractivity contribution in [2.45, 2.75) is 22.4 Å². The highest BCUT2D eigenvalue weighted by atomic mass is 32.2. The summed E-state index contributed by atoms with van der Waals surface area (Å²) in [6.07, 6.45) is -1.18. The van der Waals surface area contributed by atoms with Gasteiger partial charge in [-0.3, -0.25) is 0 Å². The molecule has 0 saturated carbocycles. The number of aromatic amines is 1. The summed E-state index contributed by atoms with van der Waals surface area (Å²) >= 11 is 1.42. The number of thiazole rings is 1. The first-order valence-corrected chi connectivity index (χ1v) is 13.8. The van der Waals surface area contributed by atoms with E-state index in [2.05, 4.69) is 30.3 Å². The molecule has 0 bridgehead atoms. The number of H-pyrrole nitrogens is 1. The van der Waals surface area contributed by atoms with Crippen LogP contribution in [0.5, 0.6) is 0 Å². The zero-order valence-corrected chi connectivity index (χ0v) is 20.4. The fraction of sp³-hybridized carbons (Fsp3) is 0.222. The van der Waals surface area contributed by atoms with Gasteiger partial charge in [0.1, 0.15) is 14.8 Å². The summed E-state index contributed by atoms with van der Waals surface area (Å²) in [5.41, 5.74) is 12.2. The first-order chi connectivity index (χ1) is 16.5. The molecule has 1 unspecified atom stereocenters. The molecule has 0 aliphatic carbocycles. The van der Waals surface area contributed by atoms with Crippen LogP contribution in [0, 0.1) is 0 Å². The Kier molecular flexibility index (Phi) is 6.93. The summed E-state index contributed by atoms with van der Waals surface area (Å²) in [5.74, 6) is -0.191. The second-order valence-electron chi connectivity index (χ2n) is 7.33. The molecule has 14 nitrogen and oxygen atoms in total. The lowest BCUT2D eigenvalue weighted by Gasteiger charge is -2.17. The summed E-state index contributed by atoms with van der Waals surface area (Å²) < 4.78 is 54.6. The molecule has 0 aliphatic heterocycles. The van der Waals surface area contributed by atoms with Crippen LogP contribution in [0.4, 0.5) is 0 Å². The Morgan fingerprint density at radius 3 is 2.54 bits per heavy atom. The first-order valence-electron chi connectivity index (χ1n) is 9.96. The molecule has 0 saturated heterocycles. The maximum Gasteiger partial charge on any atom is 0.242 e. The molecule has 4 rings (SSSR count). The summed E-state index contributed by atoms with van der Waals surface area (Å²) in [6.45, 7) is -0.383. The molecule has 9 N–H and O–H groups in total. The van der Waals surface area contributed by atoms with E-state index < -0.39 is 42.5 Å². The molecule has 2 aromatic carbocycles. The molecular weight excluding hydrogens is 518 g/mol. The van der Waals surface area contributed by atoms with Crippen molar-refractivity contribution in [2.75, 3.05) is 13.1 Å². The summed E-state index contributed by atoms with van der Waals surface area (Å²) in [7, 11) is -9.11. The standard InChI is InChI=1S/C18H21N9O5S3/c19-6-10(28)8-22-35(31,32)14-4-2-11(9-1-3-13-12(5-9)23-15(7-20)33-13)16(17(14)34(21,29)30)18-24-26-27-25-18/h1-5,10,22,28H,6-8,19-20H2,(H2,21,29,30)(H,24,25,26,27). The first kappa shape index (κ1) is 25.2. The molecule has 2 heterocycles. The largest absolute Gasteiger partial charge is 0.390 e. The number of primary sulfonamides is 1. The number of rotatable bonds is 9. The van der Waals surface area contributed by atoms with Crippen molar-refractivity contribution in [1.29, 1.82) is 0 Å². The number of aromatic nitrogens is 5. The molecule has 4 aromatic rings. The third-order valence-electron chi connectivity index (χ3n) is 4.96. The Hall–Kier alpha value is -2.90. The molecule has 35 heavy (non-hydrogen) atoms. The summed E-state index contributed by atoms with van der Waals surface area (Å²) in [6, 6.07) is 7.73. The number of aliphatic hydroxyl groups is 1. The van der Waals surface area contributed by atoms with E-state index in [4.69, 9.17) is 16.6 Å². The number of tetrazole rings is 1. The monoisotopic (exact) mass is 539 g/mol. The molecule has 186 valence electrons. The summed E-state index contributed by atoms with van der Waals surface area (Å²) in [4.78, 5) is 3.07. The topological polar surface area (TPSA) is 246 Å². The van der Waals surface area contributed by atoms with E-state index in [0.29, 0.717) is 16.1 Å². The van der Waals surface area contributed by atoms with Crippen molar-refractivity contribution in [3.8, 4) is 22.5 Å². The van der Waals surface area contributed by atoms with Gasteiger partial charge in [0.2, 0.25) is 25.9 Å². The molecule has 17 heteroatoms. The van der Waals surface area contributed by atoms with Crippen molar-refractivity contribution in [3.63, 3.8) is 0 Å². The fourth-order valence-corrected chi connectivity index (χ4v) is 6.88. The Balaban J connectivity index is 1.99. The van der Waals surface area contributed by atoms with E-state index in [-0.39, 0.29) is 30.0 Å². The Labute approximate surface area is 203 Å². The van der Waals surface area contributed by atoms with Crippen LogP contribution in [0.25, 0.3) is 32.7 Å². The number of hydrogen-bond acceptors (Lipinski definition) is 12. The van der Waals surface area contributed by atoms with Gasteiger partial charge in [-0.05, 0) is 34.5 Å². The number of nitrogens with zero attached hydrogens (tertiary/aromatic N) is 4. The molecule has 0 amide bonds. The molecular formula is C18H21N9O5S3. The van der Waals surface area contributed by atoms with Gasteiger partial charge in [-0.1, -0.05) is 12.1 Å². The molecule has 0 aliphatic rings. The van der Waals surface area contributed by atoms with E-state index in [9.17, 15) is 21.9 Å². The van der Waals surface area contributed by atoms with Gasteiger partial charge in [-0.15, -0.1) is 21.5 Å². The lowest BCUT2D eigenvalue weighted by Crippen LogP contribution is -2.36. The van der Waals surface area contributed by atoms with Crippen LogP contribution in [0.1, 0.15) is 5.01 Å². The van der Waals surface area contributed by atoms with Gasteiger partial charge in [-0.25, -0.2) is 31.7 Å². The molecule has 0 spiro atoms. The van der Waals surface area contributed by atoms with E-state index >= 15 is 0 Å². The lowest BCUT2D eigenvalue weighted by molar-refractivity contribution is 0.186. The summed E-state index contributed by atoms with van der Waals surface area (Å²) in [5, 5.41) is 29.3. The number of sulfonamides is 2. The zero-order valence-electron chi connectivity index (χ0n) is 17.9. The van der Waals surface area contributed by atoms with E-state index in [1.165, 1.54) is 17.4 Å².